The number of carbonyl (C=O) groups is 2. The fraction of sp³-hybridized carbons (Fsp3) is 0.429. The number of carbonyl (C=O) groups excluding carboxylic acids is 2. The molecule has 4 heterocycles. The summed E-state index contributed by atoms with van der Waals surface area (Å²) in [6.45, 7) is 0. The van der Waals surface area contributed by atoms with E-state index in [1.54, 1.807) is 36.7 Å². The Bertz CT molecular complexity index is 891. The van der Waals surface area contributed by atoms with Gasteiger partial charge in [-0.25, -0.2) is 0 Å². The number of nitrogens with one attached hydrogen (secondary N) is 1. The highest BCUT2D eigenvalue weighted by Crippen LogP contribution is 2.38. The molecule has 0 radical (unpaired) electrons. The van der Waals surface area contributed by atoms with Crippen LogP contribution in [0.25, 0.3) is 0 Å². The number of methoxy groups -OCH3 is 2. The van der Waals surface area contributed by atoms with Gasteiger partial charge in [-0.15, -0.1) is 0 Å². The fourth-order valence-corrected chi connectivity index (χ4v) is 4.39. The van der Waals surface area contributed by atoms with Gasteiger partial charge in [-0.2, -0.15) is 4.98 Å². The van der Waals surface area contributed by atoms with Crippen molar-refractivity contribution in [3.63, 3.8) is 0 Å². The van der Waals surface area contributed by atoms with E-state index in [2.05, 4.69) is 15.3 Å². The maximum absolute atomic E-state index is 13.3. The van der Waals surface area contributed by atoms with Crippen LogP contribution in [0.3, 0.4) is 0 Å². The topological polar surface area (TPSA) is 93.7 Å². The highest BCUT2D eigenvalue weighted by Gasteiger charge is 2.44. The fourth-order valence-electron chi connectivity index (χ4n) is 4.39. The van der Waals surface area contributed by atoms with Gasteiger partial charge in [0.2, 0.25) is 11.8 Å². The minimum Gasteiger partial charge on any atom is -0.481 e. The summed E-state index contributed by atoms with van der Waals surface area (Å²) in [7, 11) is 3.02. The molecule has 8 heteroatoms. The van der Waals surface area contributed by atoms with Crippen LogP contribution in [0.2, 0.25) is 0 Å². The van der Waals surface area contributed by atoms with Crippen LogP contribution < -0.4 is 14.8 Å². The van der Waals surface area contributed by atoms with Crippen molar-refractivity contribution in [3.8, 4) is 11.8 Å². The van der Waals surface area contributed by atoms with Crippen LogP contribution in [0, 0.1) is 0 Å². The predicted octanol–water partition coefficient (Wildman–Crippen LogP) is 2.06. The smallest absolute Gasteiger partial charge is 0.259 e. The zero-order valence-corrected chi connectivity index (χ0v) is 16.5. The molecule has 4 rings (SSSR count). The van der Waals surface area contributed by atoms with Crippen molar-refractivity contribution in [2.24, 2.45) is 0 Å². The molecular formula is C21H24N4O4. The number of ether oxygens (including phenoxy) is 2. The minimum atomic E-state index is -0.0994. The van der Waals surface area contributed by atoms with Crippen molar-refractivity contribution < 1.29 is 19.1 Å². The summed E-state index contributed by atoms with van der Waals surface area (Å²) in [5, 5.41) is 3.11. The van der Waals surface area contributed by atoms with E-state index in [1.165, 1.54) is 14.2 Å². The zero-order valence-electron chi connectivity index (χ0n) is 16.5. The van der Waals surface area contributed by atoms with Gasteiger partial charge in [-0.1, -0.05) is 0 Å². The molecule has 0 aliphatic carbocycles. The van der Waals surface area contributed by atoms with E-state index in [4.69, 9.17) is 9.47 Å². The summed E-state index contributed by atoms with van der Waals surface area (Å²) in [5.41, 5.74) is 1.03. The second-order valence-electron chi connectivity index (χ2n) is 7.39. The average Bonchev–Trinajstić information content (AvgIpc) is 3.03. The summed E-state index contributed by atoms with van der Waals surface area (Å²) < 4.78 is 10.4. The summed E-state index contributed by atoms with van der Waals surface area (Å²) in [4.78, 5) is 35.9. The number of piperidine rings is 1. The molecule has 2 bridgehead atoms. The molecule has 8 nitrogen and oxygen atoms in total. The summed E-state index contributed by atoms with van der Waals surface area (Å²) >= 11 is 0. The Morgan fingerprint density at radius 2 is 1.72 bits per heavy atom. The number of aromatic nitrogens is 2. The number of nitrogens with zero attached hydrogens (tertiary/aromatic N) is 3. The lowest BCUT2D eigenvalue weighted by molar-refractivity contribution is 0.0545. The number of amides is 2. The summed E-state index contributed by atoms with van der Waals surface area (Å²) in [6.07, 6.45) is 6.57. The molecule has 2 aromatic rings. The van der Waals surface area contributed by atoms with Crippen LogP contribution >= 0.6 is 0 Å². The van der Waals surface area contributed by atoms with Crippen molar-refractivity contribution in [1.29, 1.82) is 0 Å². The van der Waals surface area contributed by atoms with Gasteiger partial charge >= 0.3 is 0 Å². The van der Waals surface area contributed by atoms with E-state index in [0.717, 1.165) is 25.7 Å². The maximum Gasteiger partial charge on any atom is 0.259 e. The van der Waals surface area contributed by atoms with Crippen molar-refractivity contribution in [3.05, 3.63) is 47.8 Å². The average molecular weight is 396 g/mol. The number of hydrogen-bond donors (Lipinski definition) is 1. The third-order valence-electron chi connectivity index (χ3n) is 5.71. The van der Waals surface area contributed by atoms with Gasteiger partial charge in [0.15, 0.2) is 0 Å². The molecule has 2 saturated heterocycles. The molecule has 0 saturated carbocycles. The Hall–Kier alpha value is -3.16. The van der Waals surface area contributed by atoms with Crippen molar-refractivity contribution in [1.82, 2.24) is 20.2 Å². The van der Waals surface area contributed by atoms with E-state index < -0.39 is 0 Å². The normalized spacial score (nSPS) is 22.8. The van der Waals surface area contributed by atoms with E-state index >= 15 is 0 Å². The lowest BCUT2D eigenvalue weighted by atomic mass is 9.96. The zero-order chi connectivity index (χ0) is 20.4. The van der Waals surface area contributed by atoms with Gasteiger partial charge < -0.3 is 19.7 Å². The highest BCUT2D eigenvalue weighted by atomic mass is 16.5. The SMILES string of the molecule is COc1ccc(C(=O)N2C3CCC2CC(NC(=O)c2ccncc2)C3)c(OC)n1. The monoisotopic (exact) mass is 396 g/mol. The predicted molar refractivity (Wildman–Crippen MR) is 105 cm³/mol. The minimum absolute atomic E-state index is 0.0492. The first-order valence-electron chi connectivity index (χ1n) is 9.73. The van der Waals surface area contributed by atoms with E-state index in [-0.39, 0.29) is 35.8 Å². The number of rotatable bonds is 5. The molecule has 2 unspecified atom stereocenters. The Morgan fingerprint density at radius 1 is 1.03 bits per heavy atom. The molecule has 0 spiro atoms. The van der Waals surface area contributed by atoms with Gasteiger partial charge in [-0.05, 0) is 43.9 Å². The molecule has 2 aliphatic heterocycles. The van der Waals surface area contributed by atoms with E-state index in [9.17, 15) is 9.59 Å². The van der Waals surface area contributed by atoms with Crippen molar-refractivity contribution in [2.75, 3.05) is 14.2 Å². The molecule has 2 aliphatic rings. The molecule has 2 amide bonds. The number of hydrogen-bond acceptors (Lipinski definition) is 6. The van der Waals surface area contributed by atoms with Crippen LogP contribution in [0.1, 0.15) is 46.4 Å². The van der Waals surface area contributed by atoms with Crippen molar-refractivity contribution in [2.45, 2.75) is 43.8 Å². The first kappa shape index (κ1) is 19.2. The molecule has 0 aromatic carbocycles. The van der Waals surface area contributed by atoms with E-state index in [0.29, 0.717) is 17.0 Å². The molecule has 2 atom stereocenters. The van der Waals surface area contributed by atoms with Gasteiger partial charge in [0.1, 0.15) is 5.56 Å². The van der Waals surface area contributed by atoms with Gasteiger partial charge in [0.05, 0.1) is 14.2 Å². The van der Waals surface area contributed by atoms with Gasteiger partial charge in [-0.3, -0.25) is 14.6 Å². The van der Waals surface area contributed by atoms with Crippen LogP contribution in [0.4, 0.5) is 0 Å². The van der Waals surface area contributed by atoms with Crippen LogP contribution in [-0.4, -0.2) is 59.0 Å². The van der Waals surface area contributed by atoms with Crippen LogP contribution in [-0.2, 0) is 0 Å². The number of fused-ring (bicyclic) bond motifs is 2. The lowest BCUT2D eigenvalue weighted by Crippen LogP contribution is -2.52. The standard InChI is InChI=1S/C21H24N4O4/c1-28-18-6-5-17(20(24-18)29-2)21(27)25-15-3-4-16(25)12-14(11-15)23-19(26)13-7-9-22-10-8-13/h5-10,14-16H,3-4,11-12H2,1-2H3,(H,23,26). The number of pyridine rings is 2. The quantitative estimate of drug-likeness (QED) is 0.832. The Morgan fingerprint density at radius 3 is 2.34 bits per heavy atom. The highest BCUT2D eigenvalue weighted by molar-refractivity contribution is 5.97. The summed E-state index contributed by atoms with van der Waals surface area (Å²) in [5.74, 6) is 0.488. The second kappa shape index (κ2) is 8.06. The molecule has 2 aromatic heterocycles. The third-order valence-corrected chi connectivity index (χ3v) is 5.71. The Labute approximate surface area is 169 Å². The molecule has 29 heavy (non-hydrogen) atoms. The molecule has 152 valence electrons. The summed E-state index contributed by atoms with van der Waals surface area (Å²) in [6, 6.07) is 7.00. The second-order valence-corrected chi connectivity index (χ2v) is 7.39. The molecular weight excluding hydrogens is 372 g/mol. The first-order valence-corrected chi connectivity index (χ1v) is 9.73. The molecule has 2 fully saturated rings. The Balaban J connectivity index is 1.47. The van der Waals surface area contributed by atoms with Crippen molar-refractivity contribution >= 4 is 11.8 Å². The third kappa shape index (κ3) is 3.74. The molecule has 1 N–H and O–H groups in total. The Kier molecular flexibility index (Phi) is 5.33. The van der Waals surface area contributed by atoms with Crippen LogP contribution in [0.5, 0.6) is 11.8 Å². The maximum atomic E-state index is 13.3. The van der Waals surface area contributed by atoms with E-state index in [1.807, 2.05) is 4.90 Å². The first-order chi connectivity index (χ1) is 14.1. The van der Waals surface area contributed by atoms with Crippen LogP contribution in [0.15, 0.2) is 36.7 Å². The van der Waals surface area contributed by atoms with Gasteiger partial charge in [0.25, 0.3) is 11.8 Å². The largest absolute Gasteiger partial charge is 0.481 e. The lowest BCUT2D eigenvalue weighted by Gasteiger charge is -2.39. The van der Waals surface area contributed by atoms with Gasteiger partial charge in [0, 0.05) is 42.1 Å².